The zero-order valence-corrected chi connectivity index (χ0v) is 10.1. The Morgan fingerprint density at radius 3 is 2.78 bits per heavy atom. The molecule has 1 atom stereocenters. The highest BCUT2D eigenvalue weighted by Gasteiger charge is 2.20. The Kier molecular flexibility index (Phi) is 3.78. The van der Waals surface area contributed by atoms with Gasteiger partial charge in [0, 0.05) is 4.88 Å². The maximum atomic E-state index is 11.8. The van der Waals surface area contributed by atoms with Gasteiger partial charge in [0.1, 0.15) is 0 Å². The number of carboxylic acids is 1. The number of rotatable bonds is 5. The van der Waals surface area contributed by atoms with Crippen LogP contribution >= 0.6 is 11.3 Å². The third-order valence-corrected chi connectivity index (χ3v) is 3.30. The van der Waals surface area contributed by atoms with Gasteiger partial charge in [-0.15, -0.1) is 11.3 Å². The predicted molar refractivity (Wildman–Crippen MR) is 65.5 cm³/mol. The van der Waals surface area contributed by atoms with E-state index < -0.39 is 17.9 Å². The Bertz CT molecular complexity index is 518. The van der Waals surface area contributed by atoms with Crippen LogP contribution in [0.5, 0.6) is 0 Å². The number of thiophene rings is 1. The molecule has 2 aromatic rings. The van der Waals surface area contributed by atoms with Crippen LogP contribution < -0.4 is 5.32 Å². The molecule has 18 heavy (non-hydrogen) atoms. The van der Waals surface area contributed by atoms with Gasteiger partial charge in [0.15, 0.2) is 5.76 Å². The van der Waals surface area contributed by atoms with Gasteiger partial charge in [-0.2, -0.15) is 0 Å². The lowest BCUT2D eigenvalue weighted by Gasteiger charge is -2.14. The molecule has 94 valence electrons. The van der Waals surface area contributed by atoms with E-state index in [0.29, 0.717) is 0 Å². The molecule has 0 aliphatic rings. The fraction of sp³-hybridized carbons (Fsp3) is 0.167. The smallest absolute Gasteiger partial charge is 0.305 e. The second-order valence-corrected chi connectivity index (χ2v) is 4.60. The van der Waals surface area contributed by atoms with Gasteiger partial charge in [-0.3, -0.25) is 9.59 Å². The minimum absolute atomic E-state index is 0.160. The molecule has 0 aromatic carbocycles. The summed E-state index contributed by atoms with van der Waals surface area (Å²) in [5, 5.41) is 13.3. The molecule has 0 spiro atoms. The topological polar surface area (TPSA) is 79.5 Å². The van der Waals surface area contributed by atoms with Gasteiger partial charge < -0.3 is 14.8 Å². The van der Waals surface area contributed by atoms with Gasteiger partial charge in [-0.1, -0.05) is 6.07 Å². The highest BCUT2D eigenvalue weighted by Crippen LogP contribution is 2.22. The van der Waals surface area contributed by atoms with Crippen LogP contribution in [-0.4, -0.2) is 17.0 Å². The molecule has 0 aliphatic heterocycles. The van der Waals surface area contributed by atoms with E-state index in [4.69, 9.17) is 9.52 Å². The molecule has 0 saturated carbocycles. The molecule has 0 aliphatic carbocycles. The van der Waals surface area contributed by atoms with Crippen molar-refractivity contribution in [1.29, 1.82) is 0 Å². The average molecular weight is 265 g/mol. The molecule has 5 nitrogen and oxygen atoms in total. The molecule has 0 radical (unpaired) electrons. The Morgan fingerprint density at radius 2 is 2.22 bits per heavy atom. The Balaban J connectivity index is 2.11. The van der Waals surface area contributed by atoms with Crippen molar-refractivity contribution in [3.63, 3.8) is 0 Å². The third kappa shape index (κ3) is 2.98. The van der Waals surface area contributed by atoms with E-state index in [2.05, 4.69) is 5.32 Å². The van der Waals surface area contributed by atoms with Crippen LogP contribution in [0.2, 0.25) is 0 Å². The maximum Gasteiger partial charge on any atom is 0.305 e. The van der Waals surface area contributed by atoms with E-state index in [1.54, 1.807) is 12.1 Å². The minimum atomic E-state index is -0.965. The zero-order valence-electron chi connectivity index (χ0n) is 9.33. The quantitative estimate of drug-likeness (QED) is 0.869. The SMILES string of the molecule is O=C(O)C[C@H](NC(=O)c1ccco1)c1cccs1. The van der Waals surface area contributed by atoms with Crippen molar-refractivity contribution in [1.82, 2.24) is 5.32 Å². The monoisotopic (exact) mass is 265 g/mol. The molecular formula is C12H11NO4S. The van der Waals surface area contributed by atoms with Crippen LogP contribution in [-0.2, 0) is 4.79 Å². The van der Waals surface area contributed by atoms with Gasteiger partial charge in [-0.05, 0) is 23.6 Å². The van der Waals surface area contributed by atoms with E-state index in [1.165, 1.54) is 23.7 Å². The summed E-state index contributed by atoms with van der Waals surface area (Å²) >= 11 is 1.40. The van der Waals surface area contributed by atoms with Crippen LogP contribution in [0.1, 0.15) is 27.9 Å². The molecule has 6 heteroatoms. The van der Waals surface area contributed by atoms with Crippen molar-refractivity contribution >= 4 is 23.2 Å². The average Bonchev–Trinajstić information content (AvgIpc) is 3.01. The lowest BCUT2D eigenvalue weighted by Crippen LogP contribution is -2.29. The van der Waals surface area contributed by atoms with E-state index in [0.717, 1.165) is 4.88 Å². The summed E-state index contributed by atoms with van der Waals surface area (Å²) < 4.78 is 4.96. The van der Waals surface area contributed by atoms with E-state index in [9.17, 15) is 9.59 Å². The van der Waals surface area contributed by atoms with Crippen LogP contribution in [0.25, 0.3) is 0 Å². The summed E-state index contributed by atoms with van der Waals surface area (Å²) in [6.45, 7) is 0. The molecule has 1 amide bonds. The van der Waals surface area contributed by atoms with Crippen molar-refractivity contribution < 1.29 is 19.1 Å². The summed E-state index contributed by atoms with van der Waals surface area (Å²) in [5.41, 5.74) is 0. The van der Waals surface area contributed by atoms with E-state index in [1.807, 2.05) is 11.4 Å². The molecule has 0 saturated heterocycles. The van der Waals surface area contributed by atoms with Gasteiger partial charge in [0.2, 0.25) is 0 Å². The predicted octanol–water partition coefficient (Wildman–Crippen LogP) is 2.29. The van der Waals surface area contributed by atoms with Crippen molar-refractivity contribution in [2.75, 3.05) is 0 Å². The summed E-state index contributed by atoms with van der Waals surface area (Å²) in [7, 11) is 0. The molecule has 2 N–H and O–H groups in total. The number of nitrogens with one attached hydrogen (secondary N) is 1. The molecule has 2 rings (SSSR count). The maximum absolute atomic E-state index is 11.8. The number of carbonyl (C=O) groups is 2. The number of furan rings is 1. The van der Waals surface area contributed by atoms with Gasteiger partial charge in [0.25, 0.3) is 5.91 Å². The Labute approximate surface area is 107 Å². The Morgan fingerprint density at radius 1 is 1.39 bits per heavy atom. The van der Waals surface area contributed by atoms with Crippen molar-refractivity contribution in [3.8, 4) is 0 Å². The molecular weight excluding hydrogens is 254 g/mol. The molecule has 0 unspecified atom stereocenters. The van der Waals surface area contributed by atoms with Crippen molar-refractivity contribution in [2.45, 2.75) is 12.5 Å². The summed E-state index contributed by atoms with van der Waals surface area (Å²) in [6, 6.07) is 6.20. The first-order valence-corrected chi connectivity index (χ1v) is 6.14. The largest absolute Gasteiger partial charge is 0.481 e. The number of hydrogen-bond acceptors (Lipinski definition) is 4. The van der Waals surface area contributed by atoms with Crippen molar-refractivity contribution in [2.24, 2.45) is 0 Å². The number of amides is 1. The first kappa shape index (κ1) is 12.4. The van der Waals surface area contributed by atoms with E-state index in [-0.39, 0.29) is 12.2 Å². The van der Waals surface area contributed by atoms with Gasteiger partial charge in [-0.25, -0.2) is 0 Å². The highest BCUT2D eigenvalue weighted by molar-refractivity contribution is 7.10. The lowest BCUT2D eigenvalue weighted by atomic mass is 10.1. The molecule has 2 heterocycles. The van der Waals surface area contributed by atoms with Crippen LogP contribution in [0.15, 0.2) is 40.3 Å². The number of hydrogen-bond donors (Lipinski definition) is 2. The standard InChI is InChI=1S/C12H11NO4S/c14-11(15)7-8(10-4-2-6-18-10)13-12(16)9-3-1-5-17-9/h1-6,8H,7H2,(H,13,16)(H,14,15)/t8-/m0/s1. The number of carboxylic acid groups (broad SMARTS) is 1. The molecule has 2 aromatic heterocycles. The Hall–Kier alpha value is -2.08. The first-order chi connectivity index (χ1) is 8.66. The summed E-state index contributed by atoms with van der Waals surface area (Å²) in [4.78, 5) is 23.4. The van der Waals surface area contributed by atoms with Crippen LogP contribution in [0, 0.1) is 0 Å². The van der Waals surface area contributed by atoms with Gasteiger partial charge >= 0.3 is 5.97 Å². The minimum Gasteiger partial charge on any atom is -0.481 e. The zero-order chi connectivity index (χ0) is 13.0. The normalized spacial score (nSPS) is 12.0. The fourth-order valence-electron chi connectivity index (χ4n) is 1.52. The lowest BCUT2D eigenvalue weighted by molar-refractivity contribution is -0.137. The molecule has 0 bridgehead atoms. The van der Waals surface area contributed by atoms with Crippen molar-refractivity contribution in [3.05, 3.63) is 46.5 Å². The van der Waals surface area contributed by atoms with Crippen LogP contribution in [0.4, 0.5) is 0 Å². The van der Waals surface area contributed by atoms with Crippen LogP contribution in [0.3, 0.4) is 0 Å². The number of carbonyl (C=O) groups excluding carboxylic acids is 1. The second-order valence-electron chi connectivity index (χ2n) is 3.62. The fourth-order valence-corrected chi connectivity index (χ4v) is 2.30. The highest BCUT2D eigenvalue weighted by atomic mass is 32.1. The van der Waals surface area contributed by atoms with E-state index >= 15 is 0 Å². The summed E-state index contributed by atoms with van der Waals surface area (Å²) in [5.74, 6) is -1.21. The number of aliphatic carboxylic acids is 1. The first-order valence-electron chi connectivity index (χ1n) is 5.26. The van der Waals surface area contributed by atoms with Gasteiger partial charge in [0.05, 0.1) is 18.7 Å². The summed E-state index contributed by atoms with van der Waals surface area (Å²) in [6.07, 6.45) is 1.24. The second kappa shape index (κ2) is 5.50. The molecule has 0 fully saturated rings. The third-order valence-electron chi connectivity index (χ3n) is 2.32.